The molecule has 0 saturated carbocycles. The fraction of sp³-hybridized carbons (Fsp3) is 0.0435. The van der Waals surface area contributed by atoms with E-state index in [2.05, 4.69) is 23.7 Å². The normalized spacial score (nSPS) is 9.42. The Morgan fingerprint density at radius 1 is 0.625 bits per heavy atom. The van der Waals surface area contributed by atoms with Gasteiger partial charge in [-0.15, -0.1) is 0 Å². The molecule has 0 aliphatic heterocycles. The van der Waals surface area contributed by atoms with Gasteiger partial charge in [0.15, 0.2) is 0 Å². The third kappa shape index (κ3) is 4.13. The second-order valence-electron chi connectivity index (χ2n) is 5.43. The smallest absolute Gasteiger partial charge is 0.140 e. The van der Waals surface area contributed by atoms with E-state index in [-0.39, 0.29) is 5.82 Å². The molecule has 0 amide bonds. The minimum Gasteiger partial charge on any atom is -0.206 e. The van der Waals surface area contributed by atoms with Gasteiger partial charge in [0.2, 0.25) is 0 Å². The Hall–Kier alpha value is -3.29. The first-order valence-electron chi connectivity index (χ1n) is 7.66. The standard InChI is InChI=1S/C23H15F/c1-18-7-9-20(10-8-18)11-12-21-14-16-22(23(24)17-21)15-13-19-5-3-2-4-6-19/h2-10,14,16-17H,1H3. The summed E-state index contributed by atoms with van der Waals surface area (Å²) in [5.41, 5.74) is 3.97. The highest BCUT2D eigenvalue weighted by molar-refractivity contribution is 5.48. The number of aryl methyl sites for hydroxylation is 1. The van der Waals surface area contributed by atoms with Crippen LogP contribution in [0.25, 0.3) is 0 Å². The highest BCUT2D eigenvalue weighted by atomic mass is 19.1. The van der Waals surface area contributed by atoms with Crippen molar-refractivity contribution in [2.24, 2.45) is 0 Å². The zero-order valence-corrected chi connectivity index (χ0v) is 13.3. The third-order valence-electron chi connectivity index (χ3n) is 3.49. The van der Waals surface area contributed by atoms with Gasteiger partial charge in [-0.05, 0) is 49.4 Å². The second kappa shape index (κ2) is 7.32. The van der Waals surface area contributed by atoms with Crippen LogP contribution in [0, 0.1) is 36.4 Å². The van der Waals surface area contributed by atoms with Gasteiger partial charge in [-0.2, -0.15) is 0 Å². The Kier molecular flexibility index (Phi) is 4.76. The topological polar surface area (TPSA) is 0 Å². The molecule has 1 heteroatoms. The number of rotatable bonds is 0. The zero-order chi connectivity index (χ0) is 16.8. The van der Waals surface area contributed by atoms with Crippen molar-refractivity contribution in [3.63, 3.8) is 0 Å². The Morgan fingerprint density at radius 3 is 1.92 bits per heavy atom. The Labute approximate surface area is 142 Å². The molecule has 0 atom stereocenters. The van der Waals surface area contributed by atoms with Gasteiger partial charge in [0.25, 0.3) is 0 Å². The lowest BCUT2D eigenvalue weighted by atomic mass is 10.1. The van der Waals surface area contributed by atoms with Gasteiger partial charge < -0.3 is 0 Å². The van der Waals surface area contributed by atoms with E-state index in [1.165, 1.54) is 11.6 Å². The van der Waals surface area contributed by atoms with E-state index < -0.39 is 0 Å². The van der Waals surface area contributed by atoms with E-state index in [9.17, 15) is 4.39 Å². The molecule has 0 unspecified atom stereocenters. The van der Waals surface area contributed by atoms with Gasteiger partial charge in [0.1, 0.15) is 5.82 Å². The first-order chi connectivity index (χ1) is 11.7. The molecule has 0 heterocycles. The predicted molar refractivity (Wildman–Crippen MR) is 96.0 cm³/mol. The van der Waals surface area contributed by atoms with Crippen LogP contribution in [0.15, 0.2) is 72.8 Å². The molecule has 0 spiro atoms. The molecule has 114 valence electrons. The molecule has 0 bridgehead atoms. The lowest BCUT2D eigenvalue weighted by Crippen LogP contribution is -1.86. The van der Waals surface area contributed by atoms with Gasteiger partial charge in [-0.3, -0.25) is 0 Å². The first-order valence-corrected chi connectivity index (χ1v) is 7.66. The van der Waals surface area contributed by atoms with Crippen LogP contribution in [-0.4, -0.2) is 0 Å². The van der Waals surface area contributed by atoms with Crippen molar-refractivity contribution in [3.05, 3.63) is 106 Å². The number of benzene rings is 3. The fourth-order valence-corrected chi connectivity index (χ4v) is 2.14. The second-order valence-corrected chi connectivity index (χ2v) is 5.43. The van der Waals surface area contributed by atoms with E-state index in [0.29, 0.717) is 11.1 Å². The monoisotopic (exact) mass is 310 g/mol. The molecule has 0 N–H and O–H groups in total. The van der Waals surface area contributed by atoms with Crippen LogP contribution >= 0.6 is 0 Å². The summed E-state index contributed by atoms with van der Waals surface area (Å²) in [7, 11) is 0. The summed E-state index contributed by atoms with van der Waals surface area (Å²) in [5, 5.41) is 0. The molecular weight excluding hydrogens is 295 g/mol. The van der Waals surface area contributed by atoms with Crippen molar-refractivity contribution in [2.45, 2.75) is 6.92 Å². The van der Waals surface area contributed by atoms with Crippen LogP contribution in [0.5, 0.6) is 0 Å². The van der Waals surface area contributed by atoms with Crippen LogP contribution in [0.3, 0.4) is 0 Å². The molecule has 0 fully saturated rings. The summed E-state index contributed by atoms with van der Waals surface area (Å²) >= 11 is 0. The molecular formula is C23H15F. The van der Waals surface area contributed by atoms with Crippen LogP contribution in [0.2, 0.25) is 0 Å². The number of hydrogen-bond acceptors (Lipinski definition) is 0. The van der Waals surface area contributed by atoms with Crippen LogP contribution in [-0.2, 0) is 0 Å². The summed E-state index contributed by atoms with van der Waals surface area (Å²) in [6, 6.07) is 22.3. The number of halogens is 1. The van der Waals surface area contributed by atoms with Gasteiger partial charge in [-0.1, -0.05) is 59.6 Å². The molecule has 0 saturated heterocycles. The number of hydrogen-bond donors (Lipinski definition) is 0. The lowest BCUT2D eigenvalue weighted by Gasteiger charge is -1.96. The molecule has 0 nitrogen and oxygen atoms in total. The summed E-state index contributed by atoms with van der Waals surface area (Å²) in [6.45, 7) is 2.03. The van der Waals surface area contributed by atoms with Crippen molar-refractivity contribution in [3.8, 4) is 23.7 Å². The minimum absolute atomic E-state index is 0.353. The highest BCUT2D eigenvalue weighted by Crippen LogP contribution is 2.10. The van der Waals surface area contributed by atoms with Crippen LogP contribution in [0.4, 0.5) is 4.39 Å². The molecule has 3 aromatic carbocycles. The Bertz CT molecular complexity index is 960. The molecule has 3 aromatic rings. The van der Waals surface area contributed by atoms with E-state index in [0.717, 1.165) is 11.1 Å². The van der Waals surface area contributed by atoms with Crippen molar-refractivity contribution in [1.82, 2.24) is 0 Å². The first kappa shape index (κ1) is 15.6. The highest BCUT2D eigenvalue weighted by Gasteiger charge is 1.99. The molecule has 3 rings (SSSR count). The summed E-state index contributed by atoms with van der Waals surface area (Å²) in [4.78, 5) is 0. The average Bonchev–Trinajstić information content (AvgIpc) is 2.61. The van der Waals surface area contributed by atoms with Crippen molar-refractivity contribution >= 4 is 0 Å². The van der Waals surface area contributed by atoms with Crippen molar-refractivity contribution in [2.75, 3.05) is 0 Å². The average molecular weight is 310 g/mol. The van der Waals surface area contributed by atoms with E-state index in [1.54, 1.807) is 12.1 Å². The predicted octanol–water partition coefficient (Wildman–Crippen LogP) is 4.93. The third-order valence-corrected chi connectivity index (χ3v) is 3.49. The van der Waals surface area contributed by atoms with E-state index in [1.807, 2.05) is 61.5 Å². The van der Waals surface area contributed by atoms with Gasteiger partial charge >= 0.3 is 0 Å². The van der Waals surface area contributed by atoms with E-state index in [4.69, 9.17) is 0 Å². The lowest BCUT2D eigenvalue weighted by molar-refractivity contribution is 0.624. The van der Waals surface area contributed by atoms with Crippen LogP contribution < -0.4 is 0 Å². The largest absolute Gasteiger partial charge is 0.206 e. The maximum Gasteiger partial charge on any atom is 0.140 e. The van der Waals surface area contributed by atoms with Gasteiger partial charge in [0.05, 0.1) is 5.56 Å². The summed E-state index contributed by atoms with van der Waals surface area (Å²) < 4.78 is 14.2. The Morgan fingerprint density at radius 2 is 1.21 bits per heavy atom. The van der Waals surface area contributed by atoms with E-state index >= 15 is 0 Å². The van der Waals surface area contributed by atoms with Crippen molar-refractivity contribution in [1.29, 1.82) is 0 Å². The van der Waals surface area contributed by atoms with Crippen molar-refractivity contribution < 1.29 is 4.39 Å². The van der Waals surface area contributed by atoms with Crippen LogP contribution in [0.1, 0.15) is 27.8 Å². The SMILES string of the molecule is Cc1ccc(C#Cc2ccc(C#Cc3ccccc3)c(F)c2)cc1. The molecule has 0 radical (unpaired) electrons. The molecule has 0 aliphatic rings. The molecule has 0 aliphatic carbocycles. The Balaban J connectivity index is 1.81. The molecule has 24 heavy (non-hydrogen) atoms. The summed E-state index contributed by atoms with van der Waals surface area (Å²) in [5.74, 6) is 11.5. The van der Waals surface area contributed by atoms with Gasteiger partial charge in [0, 0.05) is 16.7 Å². The maximum atomic E-state index is 14.2. The molecule has 0 aromatic heterocycles. The maximum absolute atomic E-state index is 14.2. The quantitative estimate of drug-likeness (QED) is 0.516. The summed E-state index contributed by atoms with van der Waals surface area (Å²) in [6.07, 6.45) is 0. The fourth-order valence-electron chi connectivity index (χ4n) is 2.14. The van der Waals surface area contributed by atoms with Gasteiger partial charge in [-0.25, -0.2) is 4.39 Å². The minimum atomic E-state index is -0.353. The zero-order valence-electron chi connectivity index (χ0n) is 13.3.